The molecule has 3 saturated heterocycles. The summed E-state index contributed by atoms with van der Waals surface area (Å²) in [5.74, 6) is 0.876. The SMILES string of the molecule is CCCCn1c(N2CCCC(C)C2)c(C=C2SC(=S)N(C3CCS(=O)(=O)C3)C2=O)c(C)c(C#N)c1=O. The molecule has 36 heavy (non-hydrogen) atoms. The zero-order valence-electron chi connectivity index (χ0n) is 20.9. The predicted molar refractivity (Wildman–Crippen MR) is 148 cm³/mol. The van der Waals surface area contributed by atoms with E-state index < -0.39 is 15.9 Å². The summed E-state index contributed by atoms with van der Waals surface area (Å²) in [6.45, 7) is 8.09. The molecule has 0 aliphatic carbocycles. The molecular weight excluding hydrogens is 517 g/mol. The zero-order valence-corrected chi connectivity index (χ0v) is 23.4. The molecule has 0 saturated carbocycles. The van der Waals surface area contributed by atoms with Crippen molar-refractivity contribution in [3.63, 3.8) is 0 Å². The van der Waals surface area contributed by atoms with Crippen molar-refractivity contribution in [3.8, 4) is 6.07 Å². The van der Waals surface area contributed by atoms with E-state index in [0.717, 1.165) is 56.4 Å². The molecule has 3 fully saturated rings. The van der Waals surface area contributed by atoms with Crippen LogP contribution < -0.4 is 10.5 Å². The third kappa shape index (κ3) is 5.13. The molecule has 0 radical (unpaired) electrons. The van der Waals surface area contributed by atoms with Gasteiger partial charge in [-0.15, -0.1) is 0 Å². The van der Waals surface area contributed by atoms with Crippen molar-refractivity contribution in [1.29, 1.82) is 5.26 Å². The first-order valence-corrected chi connectivity index (χ1v) is 15.5. The zero-order chi connectivity index (χ0) is 26.2. The summed E-state index contributed by atoms with van der Waals surface area (Å²) in [5.41, 5.74) is 1.04. The number of piperidine rings is 1. The summed E-state index contributed by atoms with van der Waals surface area (Å²) in [6, 6.07) is 1.64. The number of aromatic nitrogens is 1. The maximum absolute atomic E-state index is 13.5. The summed E-state index contributed by atoms with van der Waals surface area (Å²) in [5, 5.41) is 9.85. The molecule has 0 spiro atoms. The quantitative estimate of drug-likeness (QED) is 0.393. The lowest BCUT2D eigenvalue weighted by molar-refractivity contribution is -0.123. The van der Waals surface area contributed by atoms with Gasteiger partial charge in [-0.2, -0.15) is 5.26 Å². The van der Waals surface area contributed by atoms with Gasteiger partial charge in [-0.1, -0.05) is 44.2 Å². The molecule has 2 atom stereocenters. The fourth-order valence-corrected chi connectivity index (χ4v) is 8.38. The minimum absolute atomic E-state index is 0.0537. The average molecular weight is 549 g/mol. The maximum atomic E-state index is 13.5. The van der Waals surface area contributed by atoms with Crippen LogP contribution in [0.2, 0.25) is 0 Å². The van der Waals surface area contributed by atoms with Crippen LogP contribution in [0.1, 0.15) is 62.6 Å². The van der Waals surface area contributed by atoms with E-state index in [-0.39, 0.29) is 28.5 Å². The number of hydrogen-bond acceptors (Lipinski definition) is 8. The van der Waals surface area contributed by atoms with Gasteiger partial charge in [0.15, 0.2) is 9.84 Å². The Bertz CT molecular complexity index is 1330. The molecule has 3 aliphatic heterocycles. The first kappa shape index (κ1) is 26.9. The monoisotopic (exact) mass is 548 g/mol. The van der Waals surface area contributed by atoms with Gasteiger partial charge in [0.05, 0.1) is 22.5 Å². The van der Waals surface area contributed by atoms with Gasteiger partial charge >= 0.3 is 0 Å². The van der Waals surface area contributed by atoms with Gasteiger partial charge < -0.3 is 4.90 Å². The van der Waals surface area contributed by atoms with Crippen molar-refractivity contribution in [2.45, 2.75) is 65.5 Å². The first-order valence-electron chi connectivity index (χ1n) is 12.5. The summed E-state index contributed by atoms with van der Waals surface area (Å²) in [4.78, 5) is 30.9. The predicted octanol–water partition coefficient (Wildman–Crippen LogP) is 3.45. The smallest absolute Gasteiger partial charge is 0.270 e. The lowest BCUT2D eigenvalue weighted by atomic mass is 9.97. The number of carbonyl (C=O) groups is 1. The number of pyridine rings is 1. The third-order valence-corrected chi connectivity index (χ3v) is 10.3. The second kappa shape index (κ2) is 10.7. The Morgan fingerprint density at radius 2 is 2.03 bits per heavy atom. The van der Waals surface area contributed by atoms with E-state index >= 15 is 0 Å². The van der Waals surface area contributed by atoms with Gasteiger partial charge in [-0.3, -0.25) is 19.1 Å². The second-order valence-corrected chi connectivity index (χ2v) is 13.9. The number of thioether (sulfide) groups is 1. The molecule has 0 aromatic carbocycles. The molecule has 0 N–H and O–H groups in total. The molecule has 194 valence electrons. The standard InChI is InChI=1S/C25H32N4O4S3/c1-4-5-10-28-22(27-9-6-7-16(2)14-27)19(17(3)20(13-26)23(28)30)12-21-24(31)29(25(34)35-21)18-8-11-36(32,33)15-18/h12,16,18H,4-11,14-15H2,1-3H3. The summed E-state index contributed by atoms with van der Waals surface area (Å²) < 4.78 is 26.1. The van der Waals surface area contributed by atoms with Gasteiger partial charge in [-0.05, 0) is 50.2 Å². The van der Waals surface area contributed by atoms with Crippen LogP contribution in [0.5, 0.6) is 0 Å². The number of thiocarbonyl (C=S) groups is 1. The number of nitriles is 1. The van der Waals surface area contributed by atoms with Crippen molar-refractivity contribution in [2.75, 3.05) is 29.5 Å². The van der Waals surface area contributed by atoms with E-state index in [1.165, 1.54) is 4.90 Å². The van der Waals surface area contributed by atoms with Crippen molar-refractivity contribution in [2.24, 2.45) is 5.92 Å². The summed E-state index contributed by atoms with van der Waals surface area (Å²) >= 11 is 6.65. The number of nitrogens with zero attached hydrogens (tertiary/aromatic N) is 4. The van der Waals surface area contributed by atoms with Crippen LogP contribution in [0.15, 0.2) is 9.70 Å². The largest absolute Gasteiger partial charge is 0.357 e. The maximum Gasteiger partial charge on any atom is 0.270 e. The molecule has 4 heterocycles. The Hall–Kier alpha value is -2.16. The second-order valence-electron chi connectivity index (χ2n) is 9.96. The van der Waals surface area contributed by atoms with Crippen molar-refractivity contribution < 1.29 is 13.2 Å². The Morgan fingerprint density at radius 1 is 1.28 bits per heavy atom. The third-order valence-electron chi connectivity index (χ3n) is 7.21. The van der Waals surface area contributed by atoms with Gasteiger partial charge in [0.1, 0.15) is 21.8 Å². The van der Waals surface area contributed by atoms with E-state index in [1.807, 2.05) is 0 Å². The number of anilines is 1. The Balaban J connectivity index is 1.85. The average Bonchev–Trinajstić information content (AvgIpc) is 3.31. The molecular formula is C25H32N4O4S3. The summed E-state index contributed by atoms with van der Waals surface area (Å²) in [7, 11) is -3.18. The van der Waals surface area contributed by atoms with Gasteiger partial charge in [0.25, 0.3) is 11.5 Å². The number of carbonyl (C=O) groups excluding carboxylic acids is 1. The topological polar surface area (TPSA) is 103 Å². The van der Waals surface area contributed by atoms with Crippen LogP contribution in [-0.2, 0) is 21.2 Å². The van der Waals surface area contributed by atoms with Crippen LogP contribution in [0, 0.1) is 24.2 Å². The molecule has 1 aromatic heterocycles. The number of rotatable bonds is 6. The highest BCUT2D eigenvalue weighted by atomic mass is 32.2. The number of unbranched alkanes of at least 4 members (excludes halogenated alkanes) is 1. The highest BCUT2D eigenvalue weighted by Gasteiger charge is 2.42. The molecule has 1 aromatic rings. The van der Waals surface area contributed by atoms with Gasteiger partial charge in [-0.25, -0.2) is 8.42 Å². The van der Waals surface area contributed by atoms with E-state index in [9.17, 15) is 23.3 Å². The van der Waals surface area contributed by atoms with Crippen LogP contribution >= 0.6 is 24.0 Å². The van der Waals surface area contributed by atoms with Crippen LogP contribution in [0.4, 0.5) is 5.82 Å². The van der Waals surface area contributed by atoms with Crippen molar-refractivity contribution in [1.82, 2.24) is 9.47 Å². The highest BCUT2D eigenvalue weighted by Crippen LogP contribution is 2.39. The van der Waals surface area contributed by atoms with Crippen LogP contribution in [-0.4, -0.2) is 58.7 Å². The molecule has 4 rings (SSSR count). The number of hydrogen-bond donors (Lipinski definition) is 0. The minimum Gasteiger partial charge on any atom is -0.357 e. The van der Waals surface area contributed by atoms with E-state index in [1.54, 1.807) is 17.6 Å². The fourth-order valence-electron chi connectivity index (χ4n) is 5.30. The van der Waals surface area contributed by atoms with Crippen molar-refractivity contribution in [3.05, 3.63) is 31.9 Å². The Kier molecular flexibility index (Phi) is 7.98. The molecule has 0 bridgehead atoms. The van der Waals surface area contributed by atoms with E-state index in [2.05, 4.69) is 24.8 Å². The van der Waals surface area contributed by atoms with Gasteiger partial charge in [0.2, 0.25) is 0 Å². The van der Waals surface area contributed by atoms with Crippen LogP contribution in [0.3, 0.4) is 0 Å². The molecule has 1 amide bonds. The summed E-state index contributed by atoms with van der Waals surface area (Å²) in [6.07, 6.45) is 5.94. The first-order chi connectivity index (χ1) is 17.1. The highest BCUT2D eigenvalue weighted by molar-refractivity contribution is 8.26. The van der Waals surface area contributed by atoms with E-state index in [4.69, 9.17) is 12.2 Å². The molecule has 11 heteroatoms. The fraction of sp³-hybridized carbons (Fsp3) is 0.600. The molecule has 3 aliphatic rings. The minimum atomic E-state index is -3.18. The van der Waals surface area contributed by atoms with Crippen LogP contribution in [0.25, 0.3) is 6.08 Å². The molecule has 2 unspecified atom stereocenters. The Morgan fingerprint density at radius 3 is 2.64 bits per heavy atom. The normalized spacial score (nSPS) is 25.1. The van der Waals surface area contributed by atoms with Gasteiger partial charge in [0, 0.05) is 25.2 Å². The van der Waals surface area contributed by atoms with E-state index in [0.29, 0.717) is 39.2 Å². The lowest BCUT2D eigenvalue weighted by Gasteiger charge is -2.36. The number of sulfone groups is 1. The number of amides is 1. The Labute approximate surface area is 222 Å². The molecule has 8 nitrogen and oxygen atoms in total. The van der Waals surface area contributed by atoms with Crippen molar-refractivity contribution >= 4 is 55.9 Å². The lowest BCUT2D eigenvalue weighted by Crippen LogP contribution is -2.40.